The summed E-state index contributed by atoms with van der Waals surface area (Å²) in [6.07, 6.45) is 3.20. The van der Waals surface area contributed by atoms with Gasteiger partial charge in [0.05, 0.1) is 18.6 Å². The van der Waals surface area contributed by atoms with Crippen molar-refractivity contribution in [2.24, 2.45) is 11.8 Å². The van der Waals surface area contributed by atoms with Gasteiger partial charge in [-0.2, -0.15) is 0 Å². The summed E-state index contributed by atoms with van der Waals surface area (Å²) in [4.78, 5) is 25.8. The number of carboxylic acid groups (broad SMARTS) is 1. The second kappa shape index (κ2) is 4.18. The first-order chi connectivity index (χ1) is 10.1. The fraction of sp³-hybridized carbons (Fsp3) is 0.375. The lowest BCUT2D eigenvalue weighted by Crippen LogP contribution is -2.39. The van der Waals surface area contributed by atoms with Gasteiger partial charge >= 0.3 is 5.97 Å². The topological polar surface area (TPSA) is 66.8 Å². The predicted octanol–water partition coefficient (Wildman–Crippen LogP) is 1.05. The van der Waals surface area contributed by atoms with E-state index in [0.717, 1.165) is 5.56 Å². The Hall–Kier alpha value is -2.14. The Morgan fingerprint density at radius 1 is 1.38 bits per heavy atom. The Bertz CT molecular complexity index is 641. The van der Waals surface area contributed by atoms with Gasteiger partial charge in [0.1, 0.15) is 11.5 Å². The normalized spacial score (nSPS) is 36.3. The minimum Gasteiger partial charge on any atom is -0.481 e. The van der Waals surface area contributed by atoms with Crippen LogP contribution in [0.1, 0.15) is 5.56 Å². The van der Waals surface area contributed by atoms with Crippen molar-refractivity contribution in [1.82, 2.24) is 4.90 Å². The van der Waals surface area contributed by atoms with E-state index in [0.29, 0.717) is 13.1 Å². The maximum atomic E-state index is 12.6. The van der Waals surface area contributed by atoms with E-state index in [-0.39, 0.29) is 5.91 Å². The average Bonchev–Trinajstić information content (AvgIpc) is 3.09. The van der Waals surface area contributed by atoms with Crippen molar-refractivity contribution in [3.8, 4) is 0 Å². The number of hydrogen-bond acceptors (Lipinski definition) is 3. The number of fused-ring (bicyclic) bond motifs is 1. The molecule has 4 rings (SSSR count). The molecule has 0 unspecified atom stereocenters. The largest absolute Gasteiger partial charge is 0.481 e. The lowest BCUT2D eigenvalue weighted by molar-refractivity contribution is -0.148. The van der Waals surface area contributed by atoms with Gasteiger partial charge < -0.3 is 14.7 Å². The van der Waals surface area contributed by atoms with Crippen LogP contribution in [0.4, 0.5) is 0 Å². The first kappa shape index (κ1) is 12.6. The van der Waals surface area contributed by atoms with E-state index in [1.807, 2.05) is 36.4 Å². The van der Waals surface area contributed by atoms with Crippen LogP contribution in [0.3, 0.4) is 0 Å². The van der Waals surface area contributed by atoms with Crippen LogP contribution in [0.5, 0.6) is 0 Å². The lowest BCUT2D eigenvalue weighted by Gasteiger charge is -2.21. The molecule has 3 aliphatic rings. The van der Waals surface area contributed by atoms with E-state index >= 15 is 0 Å². The SMILES string of the molecule is O=C(O)[C@@H]1[C@H]2C(=O)N(Cc3ccccc3)C[C@@]23C=C[C@H]1O3. The molecular formula is C16H15NO4. The molecule has 4 atom stereocenters. The van der Waals surface area contributed by atoms with Crippen LogP contribution < -0.4 is 0 Å². The molecule has 2 bridgehead atoms. The molecule has 2 saturated heterocycles. The first-order valence-electron chi connectivity index (χ1n) is 7.03. The third-order valence-electron chi connectivity index (χ3n) is 4.68. The zero-order valence-corrected chi connectivity index (χ0v) is 11.3. The van der Waals surface area contributed by atoms with Gasteiger partial charge in [-0.1, -0.05) is 42.5 Å². The minimum atomic E-state index is -0.953. The summed E-state index contributed by atoms with van der Waals surface area (Å²) in [6.45, 7) is 0.925. The lowest BCUT2D eigenvalue weighted by atomic mass is 9.77. The Morgan fingerprint density at radius 3 is 2.86 bits per heavy atom. The maximum absolute atomic E-state index is 12.6. The molecule has 3 heterocycles. The number of likely N-dealkylation sites (tertiary alicyclic amines) is 1. The zero-order chi connectivity index (χ0) is 14.6. The van der Waals surface area contributed by atoms with Gasteiger partial charge in [0, 0.05) is 6.54 Å². The number of carbonyl (C=O) groups is 2. The molecule has 0 aliphatic carbocycles. The fourth-order valence-corrected chi connectivity index (χ4v) is 3.80. The third kappa shape index (κ3) is 1.67. The van der Waals surface area contributed by atoms with Crippen molar-refractivity contribution in [3.05, 3.63) is 48.0 Å². The highest BCUT2D eigenvalue weighted by Gasteiger charge is 2.66. The Labute approximate surface area is 121 Å². The van der Waals surface area contributed by atoms with E-state index in [1.54, 1.807) is 11.0 Å². The molecule has 0 aromatic heterocycles. The van der Waals surface area contributed by atoms with Gasteiger partial charge in [0.2, 0.25) is 5.91 Å². The molecule has 5 nitrogen and oxygen atoms in total. The molecule has 0 saturated carbocycles. The number of hydrogen-bond donors (Lipinski definition) is 1. The van der Waals surface area contributed by atoms with Crippen molar-refractivity contribution in [3.63, 3.8) is 0 Å². The Morgan fingerprint density at radius 2 is 2.14 bits per heavy atom. The molecule has 1 aromatic rings. The van der Waals surface area contributed by atoms with Crippen LogP contribution in [0.15, 0.2) is 42.5 Å². The van der Waals surface area contributed by atoms with E-state index in [1.165, 1.54) is 0 Å². The average molecular weight is 285 g/mol. The number of carboxylic acids is 1. The minimum absolute atomic E-state index is 0.113. The molecule has 3 aliphatic heterocycles. The van der Waals surface area contributed by atoms with Crippen molar-refractivity contribution in [2.45, 2.75) is 18.2 Å². The standard InChI is InChI=1S/C16H15NO4/c18-14-13-12(15(19)20)11-6-7-16(13,21-11)9-17(14)8-10-4-2-1-3-5-10/h1-7,11-13H,8-9H2,(H,19,20)/t11-,12+,13+,16+/m1/s1. The zero-order valence-electron chi connectivity index (χ0n) is 11.3. The van der Waals surface area contributed by atoms with Gasteiger partial charge in [-0.05, 0) is 5.56 Å². The van der Waals surface area contributed by atoms with Crippen molar-refractivity contribution in [2.75, 3.05) is 6.54 Å². The third-order valence-corrected chi connectivity index (χ3v) is 4.68. The molecular weight excluding hydrogens is 270 g/mol. The van der Waals surface area contributed by atoms with Gasteiger partial charge in [-0.15, -0.1) is 0 Å². The molecule has 2 fully saturated rings. The van der Waals surface area contributed by atoms with Gasteiger partial charge in [0.15, 0.2) is 0 Å². The van der Waals surface area contributed by atoms with E-state index in [4.69, 9.17) is 4.74 Å². The smallest absolute Gasteiger partial charge is 0.310 e. The summed E-state index contributed by atoms with van der Waals surface area (Å²) in [5.74, 6) is -2.42. The number of rotatable bonds is 3. The number of benzene rings is 1. The highest BCUT2D eigenvalue weighted by atomic mass is 16.5. The Kier molecular flexibility index (Phi) is 2.50. The second-order valence-electron chi connectivity index (χ2n) is 5.92. The Balaban J connectivity index is 1.63. The van der Waals surface area contributed by atoms with Crippen molar-refractivity contribution >= 4 is 11.9 Å². The van der Waals surface area contributed by atoms with Gasteiger partial charge in [-0.25, -0.2) is 0 Å². The molecule has 1 amide bonds. The van der Waals surface area contributed by atoms with Crippen LogP contribution in [-0.4, -0.2) is 40.1 Å². The molecule has 5 heteroatoms. The number of aliphatic carboxylic acids is 1. The molecule has 21 heavy (non-hydrogen) atoms. The van der Waals surface area contributed by atoms with Gasteiger partial charge in [0.25, 0.3) is 0 Å². The molecule has 1 spiro atoms. The van der Waals surface area contributed by atoms with Crippen molar-refractivity contribution in [1.29, 1.82) is 0 Å². The molecule has 108 valence electrons. The number of nitrogens with zero attached hydrogens (tertiary/aromatic N) is 1. The molecule has 1 aromatic carbocycles. The highest BCUT2D eigenvalue weighted by Crippen LogP contribution is 2.52. The molecule has 0 radical (unpaired) electrons. The quantitative estimate of drug-likeness (QED) is 0.843. The van der Waals surface area contributed by atoms with E-state index in [2.05, 4.69) is 0 Å². The summed E-state index contributed by atoms with van der Waals surface area (Å²) in [5.41, 5.74) is 0.298. The van der Waals surface area contributed by atoms with Crippen molar-refractivity contribution < 1.29 is 19.4 Å². The summed E-state index contributed by atoms with van der Waals surface area (Å²) in [5, 5.41) is 9.39. The number of carbonyl (C=O) groups excluding carboxylic acids is 1. The van der Waals surface area contributed by atoms with E-state index < -0.39 is 29.5 Å². The first-order valence-corrected chi connectivity index (χ1v) is 7.03. The van der Waals surface area contributed by atoms with Crippen LogP contribution in [0.25, 0.3) is 0 Å². The van der Waals surface area contributed by atoms with Crippen LogP contribution >= 0.6 is 0 Å². The summed E-state index contributed by atoms with van der Waals surface area (Å²) in [6, 6.07) is 9.70. The maximum Gasteiger partial charge on any atom is 0.310 e. The summed E-state index contributed by atoms with van der Waals surface area (Å²) in [7, 11) is 0. The van der Waals surface area contributed by atoms with Crippen LogP contribution in [0, 0.1) is 11.8 Å². The monoisotopic (exact) mass is 285 g/mol. The van der Waals surface area contributed by atoms with Crippen LogP contribution in [-0.2, 0) is 20.9 Å². The second-order valence-corrected chi connectivity index (χ2v) is 5.92. The predicted molar refractivity (Wildman–Crippen MR) is 73.2 cm³/mol. The fourth-order valence-electron chi connectivity index (χ4n) is 3.80. The summed E-state index contributed by atoms with van der Waals surface area (Å²) < 4.78 is 5.84. The van der Waals surface area contributed by atoms with Gasteiger partial charge in [-0.3, -0.25) is 9.59 Å². The number of ether oxygens (including phenoxy) is 1. The molecule has 1 N–H and O–H groups in total. The van der Waals surface area contributed by atoms with Crippen LogP contribution in [0.2, 0.25) is 0 Å². The summed E-state index contributed by atoms with van der Waals surface area (Å²) >= 11 is 0. The number of amides is 1. The highest BCUT2D eigenvalue weighted by molar-refractivity contribution is 5.90. The van der Waals surface area contributed by atoms with E-state index in [9.17, 15) is 14.7 Å².